The zero-order valence-corrected chi connectivity index (χ0v) is 15.5. The maximum absolute atomic E-state index is 11.3. The van der Waals surface area contributed by atoms with Crippen LogP contribution >= 0.6 is 0 Å². The smallest absolute Gasteiger partial charge is 0.231 e. The lowest BCUT2D eigenvalue weighted by atomic mass is 9.57. The molecule has 144 valence electrons. The molecule has 7 heteroatoms. The molecule has 5 aliphatic heterocycles. The quantitative estimate of drug-likeness (QED) is 0.752. The Balaban J connectivity index is 1.52. The minimum absolute atomic E-state index is 0.0389. The molecule has 1 aliphatic carbocycles. The Morgan fingerprint density at radius 3 is 2.54 bits per heavy atom. The van der Waals surface area contributed by atoms with Crippen LogP contribution in [0, 0.1) is 0 Å². The SMILES string of the molecule is CN1[C@H]2O[C@H]3[C@H](O)c4cc5c(cc4[C@@H]1[C@@]3(C)c1ccc3c(c12)OCO3)OCO5. The number of hydrogen-bond donors (Lipinski definition) is 1. The summed E-state index contributed by atoms with van der Waals surface area (Å²) in [6, 6.07) is 8.04. The highest BCUT2D eigenvalue weighted by Crippen LogP contribution is 2.66. The van der Waals surface area contributed by atoms with Crippen molar-refractivity contribution in [3.05, 3.63) is 46.5 Å². The van der Waals surface area contributed by atoms with E-state index in [4.69, 9.17) is 23.7 Å². The molecule has 1 N–H and O–H groups in total. The van der Waals surface area contributed by atoms with Crippen LogP contribution in [-0.2, 0) is 10.2 Å². The van der Waals surface area contributed by atoms with Crippen molar-refractivity contribution in [2.24, 2.45) is 0 Å². The molecule has 0 spiro atoms. The zero-order chi connectivity index (χ0) is 18.8. The van der Waals surface area contributed by atoms with Crippen molar-refractivity contribution >= 4 is 0 Å². The molecular weight excluding hydrogens is 362 g/mol. The van der Waals surface area contributed by atoms with Gasteiger partial charge in [-0.2, -0.15) is 0 Å². The van der Waals surface area contributed by atoms with Gasteiger partial charge in [0.1, 0.15) is 18.4 Å². The van der Waals surface area contributed by atoms with E-state index in [9.17, 15) is 5.11 Å². The van der Waals surface area contributed by atoms with Gasteiger partial charge in [0.15, 0.2) is 23.0 Å². The molecule has 1 fully saturated rings. The number of likely N-dealkylation sites (N-methyl/N-ethyl adjacent to an activating group) is 1. The third-order valence-corrected chi connectivity index (χ3v) is 7.09. The molecule has 0 radical (unpaired) electrons. The van der Waals surface area contributed by atoms with Gasteiger partial charge in [0.25, 0.3) is 0 Å². The second-order valence-electron chi connectivity index (χ2n) is 8.30. The normalized spacial score (nSPS) is 35.7. The van der Waals surface area contributed by atoms with Crippen molar-refractivity contribution in [2.75, 3.05) is 20.6 Å². The Morgan fingerprint density at radius 2 is 1.71 bits per heavy atom. The largest absolute Gasteiger partial charge is 0.454 e. The van der Waals surface area contributed by atoms with Crippen LogP contribution in [0.3, 0.4) is 0 Å². The summed E-state index contributed by atoms with van der Waals surface area (Å²) in [5.74, 6) is 2.93. The van der Waals surface area contributed by atoms with Crippen LogP contribution in [0.15, 0.2) is 24.3 Å². The Morgan fingerprint density at radius 1 is 1.00 bits per heavy atom. The van der Waals surface area contributed by atoms with Gasteiger partial charge in [0.05, 0.1) is 0 Å². The fourth-order valence-corrected chi connectivity index (χ4v) is 5.95. The van der Waals surface area contributed by atoms with E-state index >= 15 is 0 Å². The fraction of sp³-hybridized carbons (Fsp3) is 0.429. The second-order valence-corrected chi connectivity index (χ2v) is 8.30. The molecule has 2 aromatic carbocycles. The maximum Gasteiger partial charge on any atom is 0.231 e. The number of ether oxygens (including phenoxy) is 5. The van der Waals surface area contributed by atoms with Gasteiger partial charge in [-0.3, -0.25) is 4.90 Å². The van der Waals surface area contributed by atoms with Crippen LogP contribution < -0.4 is 18.9 Å². The molecule has 5 atom stereocenters. The number of nitrogens with zero attached hydrogens (tertiary/aromatic N) is 1. The highest BCUT2D eigenvalue weighted by Gasteiger charge is 2.64. The minimum atomic E-state index is -0.750. The lowest BCUT2D eigenvalue weighted by Crippen LogP contribution is -2.64. The van der Waals surface area contributed by atoms with Crippen LogP contribution in [0.25, 0.3) is 0 Å². The van der Waals surface area contributed by atoms with Crippen molar-refractivity contribution in [1.82, 2.24) is 4.90 Å². The van der Waals surface area contributed by atoms with Gasteiger partial charge >= 0.3 is 0 Å². The summed E-state index contributed by atoms with van der Waals surface area (Å²) >= 11 is 0. The summed E-state index contributed by atoms with van der Waals surface area (Å²) in [4.78, 5) is 2.23. The minimum Gasteiger partial charge on any atom is -0.454 e. The first-order chi connectivity index (χ1) is 13.6. The summed E-state index contributed by atoms with van der Waals surface area (Å²) in [6.45, 7) is 2.60. The third kappa shape index (κ3) is 1.52. The van der Waals surface area contributed by atoms with Crippen LogP contribution in [-0.4, -0.2) is 36.7 Å². The van der Waals surface area contributed by atoms with E-state index in [1.54, 1.807) is 0 Å². The third-order valence-electron chi connectivity index (χ3n) is 7.09. The standard InChI is InChI=1S/C21H19NO6/c1-21-11-3-4-12-17(27-8-24-12)15(11)20-22(2)18(21)10-6-14-13(25-7-26-14)5-9(10)16(23)19(21)28-20/h3-6,16,18-20,23H,7-8H2,1-2H3/t16-,18-,19+,20+,21-/m1/s1. The molecular formula is C21H19NO6. The van der Waals surface area contributed by atoms with E-state index in [2.05, 4.69) is 24.9 Å². The van der Waals surface area contributed by atoms with Gasteiger partial charge in [-0.05, 0) is 41.9 Å². The number of aliphatic hydroxyl groups is 1. The zero-order valence-electron chi connectivity index (χ0n) is 15.5. The summed E-state index contributed by atoms with van der Waals surface area (Å²) in [6.07, 6.45) is -1.42. The molecule has 28 heavy (non-hydrogen) atoms. The summed E-state index contributed by atoms with van der Waals surface area (Å²) in [5.41, 5.74) is 3.65. The van der Waals surface area contributed by atoms with E-state index in [0.717, 1.165) is 39.5 Å². The van der Waals surface area contributed by atoms with Crippen LogP contribution in [0.2, 0.25) is 0 Å². The molecule has 4 bridgehead atoms. The topological polar surface area (TPSA) is 69.6 Å². The van der Waals surface area contributed by atoms with Crippen molar-refractivity contribution in [3.8, 4) is 23.0 Å². The van der Waals surface area contributed by atoms with Crippen LogP contribution in [0.4, 0.5) is 0 Å². The van der Waals surface area contributed by atoms with Crippen molar-refractivity contribution in [2.45, 2.75) is 36.8 Å². The molecule has 2 aromatic rings. The lowest BCUT2D eigenvalue weighted by molar-refractivity contribution is -0.251. The molecule has 0 aromatic heterocycles. The second kappa shape index (κ2) is 4.74. The fourth-order valence-electron chi connectivity index (χ4n) is 5.95. The maximum atomic E-state index is 11.3. The number of rotatable bonds is 0. The molecule has 1 saturated heterocycles. The molecule has 5 heterocycles. The van der Waals surface area contributed by atoms with E-state index in [0.29, 0.717) is 5.75 Å². The van der Waals surface area contributed by atoms with Crippen LogP contribution in [0.5, 0.6) is 23.0 Å². The number of aliphatic hydroxyl groups excluding tert-OH is 1. The van der Waals surface area contributed by atoms with E-state index in [1.807, 2.05) is 18.2 Å². The molecule has 8 rings (SSSR count). The average Bonchev–Trinajstić information content (AvgIpc) is 3.34. The van der Waals surface area contributed by atoms with Gasteiger partial charge in [-0.15, -0.1) is 0 Å². The first-order valence-corrected chi connectivity index (χ1v) is 9.51. The predicted octanol–water partition coefficient (Wildman–Crippen LogP) is 2.53. The predicted molar refractivity (Wildman–Crippen MR) is 95.6 cm³/mol. The highest BCUT2D eigenvalue weighted by molar-refractivity contribution is 5.62. The number of hydrogen-bond acceptors (Lipinski definition) is 7. The lowest BCUT2D eigenvalue weighted by Gasteiger charge is -2.63. The Labute approximate surface area is 161 Å². The summed E-state index contributed by atoms with van der Waals surface area (Å²) in [7, 11) is 2.06. The Hall–Kier alpha value is -2.48. The van der Waals surface area contributed by atoms with Crippen molar-refractivity contribution in [3.63, 3.8) is 0 Å². The van der Waals surface area contributed by atoms with Gasteiger partial charge in [0.2, 0.25) is 13.6 Å². The van der Waals surface area contributed by atoms with Crippen molar-refractivity contribution in [1.29, 1.82) is 0 Å². The first-order valence-electron chi connectivity index (χ1n) is 9.51. The molecule has 0 amide bonds. The van der Waals surface area contributed by atoms with E-state index in [-0.39, 0.29) is 32.0 Å². The van der Waals surface area contributed by atoms with E-state index in [1.165, 1.54) is 0 Å². The first kappa shape index (κ1) is 15.4. The van der Waals surface area contributed by atoms with Gasteiger partial charge in [-0.25, -0.2) is 0 Å². The Bertz CT molecular complexity index is 1050. The molecule has 0 unspecified atom stereocenters. The summed E-state index contributed by atoms with van der Waals surface area (Å²) < 4.78 is 29.0. The monoisotopic (exact) mass is 381 g/mol. The van der Waals surface area contributed by atoms with Gasteiger partial charge < -0.3 is 28.8 Å². The average molecular weight is 381 g/mol. The van der Waals surface area contributed by atoms with Gasteiger partial charge in [0, 0.05) is 17.0 Å². The van der Waals surface area contributed by atoms with E-state index < -0.39 is 11.5 Å². The number of benzene rings is 2. The highest BCUT2D eigenvalue weighted by atomic mass is 16.7. The molecule has 0 saturated carbocycles. The summed E-state index contributed by atoms with van der Waals surface area (Å²) in [5, 5.41) is 11.3. The van der Waals surface area contributed by atoms with Gasteiger partial charge in [-0.1, -0.05) is 13.0 Å². The Kier molecular flexibility index (Phi) is 2.61. The van der Waals surface area contributed by atoms with Crippen LogP contribution in [0.1, 0.15) is 47.6 Å². The number of fused-ring (bicyclic) bond motifs is 3. The van der Waals surface area contributed by atoms with Crippen molar-refractivity contribution < 1.29 is 28.8 Å². The molecule has 6 aliphatic rings. The molecule has 7 nitrogen and oxygen atoms in total.